The highest BCUT2D eigenvalue weighted by Gasteiger charge is 2.31. The molecule has 10 nitrogen and oxygen atoms in total. The summed E-state index contributed by atoms with van der Waals surface area (Å²) in [7, 11) is 4.04. The predicted octanol–water partition coefficient (Wildman–Crippen LogP) is 2.83. The van der Waals surface area contributed by atoms with Gasteiger partial charge in [0.1, 0.15) is 17.9 Å². The van der Waals surface area contributed by atoms with E-state index < -0.39 is 11.9 Å². The first kappa shape index (κ1) is 25.2. The van der Waals surface area contributed by atoms with E-state index in [-0.39, 0.29) is 17.0 Å². The van der Waals surface area contributed by atoms with Gasteiger partial charge in [0, 0.05) is 25.2 Å². The number of nitrogens with zero attached hydrogens (tertiary/aromatic N) is 3. The summed E-state index contributed by atoms with van der Waals surface area (Å²) in [6.45, 7) is 4.46. The molecule has 1 saturated heterocycles. The number of morpholine rings is 1. The van der Waals surface area contributed by atoms with Crippen LogP contribution < -0.4 is 9.47 Å². The number of benzene rings is 2. The van der Waals surface area contributed by atoms with Crippen molar-refractivity contribution in [1.29, 1.82) is 0 Å². The molecule has 2 heterocycles. The molecule has 36 heavy (non-hydrogen) atoms. The van der Waals surface area contributed by atoms with Gasteiger partial charge < -0.3 is 23.7 Å². The molecule has 10 heteroatoms. The summed E-state index contributed by atoms with van der Waals surface area (Å²) in [5.41, 5.74) is 1.35. The number of methoxy groups -OCH3 is 3. The fourth-order valence-electron chi connectivity index (χ4n) is 4.00. The standard InChI is InChI=1S/C26H29N3O7/c1-32-21-17-18(9-10-20(21)36-16-13-28-11-14-35-15-12-28)23-22(25(30)33-2)24(26(31)34-3)29(27-23)19-7-5-4-6-8-19/h4-10,17H,11-16H2,1-3H3. The molecule has 4 rings (SSSR count). The molecule has 1 aliphatic heterocycles. The molecule has 190 valence electrons. The zero-order chi connectivity index (χ0) is 25.5. The summed E-state index contributed by atoms with van der Waals surface area (Å²) in [5, 5.41) is 4.62. The van der Waals surface area contributed by atoms with Crippen LogP contribution in [-0.2, 0) is 14.2 Å². The van der Waals surface area contributed by atoms with E-state index in [1.165, 1.54) is 26.0 Å². The Morgan fingerprint density at radius 2 is 1.67 bits per heavy atom. The van der Waals surface area contributed by atoms with Crippen LogP contribution in [0.25, 0.3) is 16.9 Å². The molecule has 0 saturated carbocycles. The summed E-state index contributed by atoms with van der Waals surface area (Å²) in [6.07, 6.45) is 0. The van der Waals surface area contributed by atoms with Crippen LogP contribution in [0.4, 0.5) is 0 Å². The molecule has 0 N–H and O–H groups in total. The molecule has 1 aliphatic rings. The Labute approximate surface area is 209 Å². The highest BCUT2D eigenvalue weighted by Crippen LogP contribution is 2.35. The zero-order valence-electron chi connectivity index (χ0n) is 20.6. The van der Waals surface area contributed by atoms with Gasteiger partial charge in [-0.05, 0) is 30.3 Å². The molecule has 1 fully saturated rings. The van der Waals surface area contributed by atoms with Gasteiger partial charge in [0.2, 0.25) is 0 Å². The second-order valence-corrected chi connectivity index (χ2v) is 7.97. The van der Waals surface area contributed by atoms with Crippen molar-refractivity contribution in [2.75, 3.05) is 60.8 Å². The van der Waals surface area contributed by atoms with E-state index in [1.807, 2.05) is 18.2 Å². The van der Waals surface area contributed by atoms with Crippen molar-refractivity contribution >= 4 is 11.9 Å². The van der Waals surface area contributed by atoms with Gasteiger partial charge in [0.15, 0.2) is 17.2 Å². The maximum Gasteiger partial charge on any atom is 0.357 e. The molecule has 2 aromatic carbocycles. The fraction of sp³-hybridized carbons (Fsp3) is 0.346. The van der Waals surface area contributed by atoms with E-state index in [0.29, 0.717) is 29.4 Å². The number of rotatable bonds is 9. The quantitative estimate of drug-likeness (QED) is 0.415. The number of esters is 2. The van der Waals surface area contributed by atoms with Gasteiger partial charge >= 0.3 is 11.9 Å². The molecule has 3 aromatic rings. The first-order valence-corrected chi connectivity index (χ1v) is 11.5. The smallest absolute Gasteiger partial charge is 0.357 e. The Kier molecular flexibility index (Phi) is 8.19. The van der Waals surface area contributed by atoms with Crippen molar-refractivity contribution in [2.45, 2.75) is 0 Å². The van der Waals surface area contributed by atoms with E-state index in [4.69, 9.17) is 23.7 Å². The lowest BCUT2D eigenvalue weighted by Crippen LogP contribution is -2.38. The number of para-hydroxylation sites is 1. The Morgan fingerprint density at radius 1 is 0.944 bits per heavy atom. The summed E-state index contributed by atoms with van der Waals surface area (Å²) in [4.78, 5) is 27.9. The Bertz CT molecular complexity index is 1200. The second-order valence-electron chi connectivity index (χ2n) is 7.97. The van der Waals surface area contributed by atoms with Gasteiger partial charge in [0.25, 0.3) is 0 Å². The van der Waals surface area contributed by atoms with Gasteiger partial charge in [-0.3, -0.25) is 4.90 Å². The van der Waals surface area contributed by atoms with Crippen molar-refractivity contribution in [3.63, 3.8) is 0 Å². The fourth-order valence-corrected chi connectivity index (χ4v) is 4.00. The van der Waals surface area contributed by atoms with Crippen molar-refractivity contribution in [3.8, 4) is 28.4 Å². The summed E-state index contributed by atoms with van der Waals surface area (Å²) < 4.78 is 28.3. The van der Waals surface area contributed by atoms with Crippen molar-refractivity contribution in [1.82, 2.24) is 14.7 Å². The minimum absolute atomic E-state index is 0.00348. The Hall–Kier alpha value is -3.89. The molecule has 0 aliphatic carbocycles. The number of hydrogen-bond acceptors (Lipinski definition) is 9. The van der Waals surface area contributed by atoms with E-state index in [0.717, 1.165) is 32.8 Å². The third kappa shape index (κ3) is 5.34. The third-order valence-corrected chi connectivity index (χ3v) is 5.86. The molecule has 0 unspecified atom stereocenters. The van der Waals surface area contributed by atoms with Crippen LogP contribution in [0.15, 0.2) is 48.5 Å². The van der Waals surface area contributed by atoms with Gasteiger partial charge in [-0.2, -0.15) is 5.10 Å². The largest absolute Gasteiger partial charge is 0.493 e. The second kappa shape index (κ2) is 11.7. The molecule has 0 atom stereocenters. The molecule has 0 radical (unpaired) electrons. The maximum atomic E-state index is 12.9. The third-order valence-electron chi connectivity index (χ3n) is 5.86. The van der Waals surface area contributed by atoms with Crippen LogP contribution in [0, 0.1) is 0 Å². The molecular formula is C26H29N3O7. The topological polar surface area (TPSA) is 101 Å². The number of carbonyl (C=O) groups is 2. The van der Waals surface area contributed by atoms with Gasteiger partial charge in [0.05, 0.1) is 40.2 Å². The van der Waals surface area contributed by atoms with Crippen molar-refractivity contribution in [2.24, 2.45) is 0 Å². The minimum Gasteiger partial charge on any atom is -0.493 e. The van der Waals surface area contributed by atoms with E-state index in [9.17, 15) is 9.59 Å². The SMILES string of the molecule is COC(=O)c1c(-c2ccc(OCCN3CCOCC3)c(OC)c2)nn(-c2ccccc2)c1C(=O)OC. The van der Waals surface area contributed by atoms with E-state index in [1.54, 1.807) is 30.3 Å². The molecule has 0 amide bonds. The summed E-state index contributed by atoms with van der Waals surface area (Å²) in [5.74, 6) is -0.394. The van der Waals surface area contributed by atoms with Crippen LogP contribution in [0.3, 0.4) is 0 Å². The Balaban J connectivity index is 1.71. The average molecular weight is 496 g/mol. The van der Waals surface area contributed by atoms with Crippen LogP contribution in [0.5, 0.6) is 11.5 Å². The number of ether oxygens (including phenoxy) is 5. The van der Waals surface area contributed by atoms with E-state index >= 15 is 0 Å². The maximum absolute atomic E-state index is 12.9. The van der Waals surface area contributed by atoms with Crippen LogP contribution in [-0.4, -0.2) is 87.4 Å². The number of aromatic nitrogens is 2. The highest BCUT2D eigenvalue weighted by molar-refractivity contribution is 6.06. The summed E-state index contributed by atoms with van der Waals surface area (Å²) >= 11 is 0. The van der Waals surface area contributed by atoms with Gasteiger partial charge in [-0.15, -0.1) is 0 Å². The Morgan fingerprint density at radius 3 is 2.33 bits per heavy atom. The van der Waals surface area contributed by atoms with E-state index in [2.05, 4.69) is 10.00 Å². The lowest BCUT2D eigenvalue weighted by Gasteiger charge is -2.26. The normalized spacial score (nSPS) is 13.8. The first-order valence-electron chi connectivity index (χ1n) is 11.5. The van der Waals surface area contributed by atoms with Crippen LogP contribution in [0.2, 0.25) is 0 Å². The monoisotopic (exact) mass is 495 g/mol. The average Bonchev–Trinajstić information content (AvgIpc) is 3.34. The van der Waals surface area contributed by atoms with Crippen molar-refractivity contribution < 1.29 is 33.3 Å². The number of hydrogen-bond donors (Lipinski definition) is 0. The predicted molar refractivity (Wildman–Crippen MR) is 131 cm³/mol. The lowest BCUT2D eigenvalue weighted by molar-refractivity contribution is 0.0321. The zero-order valence-corrected chi connectivity index (χ0v) is 20.6. The van der Waals surface area contributed by atoms with Crippen LogP contribution >= 0.6 is 0 Å². The molecule has 1 aromatic heterocycles. The molecule has 0 bridgehead atoms. The summed E-state index contributed by atoms with van der Waals surface area (Å²) in [6, 6.07) is 14.2. The minimum atomic E-state index is -0.715. The van der Waals surface area contributed by atoms with Gasteiger partial charge in [-0.1, -0.05) is 18.2 Å². The molecular weight excluding hydrogens is 466 g/mol. The van der Waals surface area contributed by atoms with Crippen molar-refractivity contribution in [3.05, 3.63) is 59.8 Å². The highest BCUT2D eigenvalue weighted by atomic mass is 16.5. The molecule has 0 spiro atoms. The van der Waals surface area contributed by atoms with Crippen LogP contribution in [0.1, 0.15) is 20.8 Å². The number of carbonyl (C=O) groups excluding carboxylic acids is 2. The lowest BCUT2D eigenvalue weighted by atomic mass is 10.0. The first-order chi connectivity index (χ1) is 17.6. The van der Waals surface area contributed by atoms with Gasteiger partial charge in [-0.25, -0.2) is 14.3 Å².